The van der Waals surface area contributed by atoms with Gasteiger partial charge in [-0.2, -0.15) is 13.2 Å². The van der Waals surface area contributed by atoms with Crippen molar-refractivity contribution in [3.05, 3.63) is 15.8 Å². The van der Waals surface area contributed by atoms with E-state index in [1.54, 1.807) is 0 Å². The number of aryl methyl sites for hydroxylation is 1. The molecule has 0 unspecified atom stereocenters. The molecular formula is C10H11F3O4S. The van der Waals surface area contributed by atoms with Gasteiger partial charge in [0.2, 0.25) is 0 Å². The first-order valence-electron chi connectivity index (χ1n) is 4.96. The molecule has 4 nitrogen and oxygen atoms in total. The third-order valence-corrected chi connectivity index (χ3v) is 3.10. The molecule has 1 heterocycles. The molecule has 0 aliphatic rings. The van der Waals surface area contributed by atoms with Crippen molar-refractivity contribution in [3.8, 4) is 5.75 Å². The molecule has 0 atom stereocenters. The van der Waals surface area contributed by atoms with Crippen LogP contribution in [-0.2, 0) is 11.2 Å². The molecular weight excluding hydrogens is 273 g/mol. The van der Waals surface area contributed by atoms with Crippen LogP contribution in [0.1, 0.15) is 21.5 Å². The summed E-state index contributed by atoms with van der Waals surface area (Å²) in [6.07, 6.45) is -3.81. The van der Waals surface area contributed by atoms with E-state index in [1.165, 1.54) is 6.07 Å². The van der Waals surface area contributed by atoms with Crippen LogP contribution in [-0.4, -0.2) is 30.7 Å². The van der Waals surface area contributed by atoms with Gasteiger partial charge in [-0.3, -0.25) is 0 Å². The molecule has 0 aliphatic carbocycles. The number of carboxylic acid groups (broad SMARTS) is 1. The minimum absolute atomic E-state index is 0.0338. The van der Waals surface area contributed by atoms with Crippen LogP contribution in [0.2, 0.25) is 0 Å². The van der Waals surface area contributed by atoms with Crippen LogP contribution in [0.4, 0.5) is 13.2 Å². The van der Waals surface area contributed by atoms with Crippen molar-refractivity contribution >= 4 is 17.3 Å². The van der Waals surface area contributed by atoms with Crippen LogP contribution >= 0.6 is 11.3 Å². The molecule has 1 aromatic rings. The maximum Gasteiger partial charge on any atom is 0.411 e. The van der Waals surface area contributed by atoms with E-state index in [1.807, 2.05) is 6.92 Å². The van der Waals surface area contributed by atoms with E-state index in [-0.39, 0.29) is 10.6 Å². The van der Waals surface area contributed by atoms with Crippen molar-refractivity contribution < 1.29 is 32.5 Å². The first-order valence-corrected chi connectivity index (χ1v) is 5.78. The van der Waals surface area contributed by atoms with Gasteiger partial charge < -0.3 is 14.6 Å². The summed E-state index contributed by atoms with van der Waals surface area (Å²) >= 11 is 1.03. The lowest BCUT2D eigenvalue weighted by molar-refractivity contribution is -0.186. The quantitative estimate of drug-likeness (QED) is 0.644. The van der Waals surface area contributed by atoms with Gasteiger partial charge in [0.15, 0.2) is 11.7 Å². The van der Waals surface area contributed by atoms with Gasteiger partial charge >= 0.3 is 12.1 Å². The predicted octanol–water partition coefficient (Wildman–Crippen LogP) is 2.92. The predicted molar refractivity (Wildman–Crippen MR) is 58.2 cm³/mol. The highest BCUT2D eigenvalue weighted by molar-refractivity contribution is 7.14. The van der Waals surface area contributed by atoms with E-state index in [0.717, 1.165) is 16.2 Å². The van der Waals surface area contributed by atoms with E-state index in [4.69, 9.17) is 9.84 Å². The monoisotopic (exact) mass is 284 g/mol. The Morgan fingerprint density at radius 1 is 1.50 bits per heavy atom. The lowest BCUT2D eigenvalue weighted by Crippen LogP contribution is -2.19. The summed E-state index contributed by atoms with van der Waals surface area (Å²) in [6.45, 7) is -0.235. The number of aromatic carboxylic acids is 1. The molecule has 0 amide bonds. The number of halogens is 3. The van der Waals surface area contributed by atoms with Crippen LogP contribution in [0.25, 0.3) is 0 Å². The number of carboxylic acids is 1. The fourth-order valence-electron chi connectivity index (χ4n) is 1.12. The normalized spacial score (nSPS) is 11.6. The van der Waals surface area contributed by atoms with Crippen LogP contribution in [0, 0.1) is 0 Å². The molecule has 0 spiro atoms. The maximum absolute atomic E-state index is 11.8. The van der Waals surface area contributed by atoms with Crippen molar-refractivity contribution in [2.45, 2.75) is 19.5 Å². The third kappa shape index (κ3) is 4.53. The molecule has 0 saturated carbocycles. The second-order valence-corrected chi connectivity index (χ2v) is 4.43. The summed E-state index contributed by atoms with van der Waals surface area (Å²) in [5.74, 6) is -1.14. The SMILES string of the molecule is CCc1cc(OCOCC(F)(F)F)c(C(=O)O)s1. The Hall–Kier alpha value is -1.28. The van der Waals surface area contributed by atoms with Crippen molar-refractivity contribution in [3.63, 3.8) is 0 Å². The summed E-state index contributed by atoms with van der Waals surface area (Å²) in [4.78, 5) is 11.6. The first-order chi connectivity index (χ1) is 8.33. The van der Waals surface area contributed by atoms with Crippen molar-refractivity contribution in [2.75, 3.05) is 13.4 Å². The standard InChI is InChI=1S/C10H11F3O4S/c1-2-6-3-7(8(18-6)9(14)15)17-5-16-4-10(11,12)13/h3H,2,4-5H2,1H3,(H,14,15). The molecule has 0 aliphatic heterocycles. The summed E-state index contributed by atoms with van der Waals surface area (Å²) in [7, 11) is 0. The van der Waals surface area contributed by atoms with Crippen molar-refractivity contribution in [2.24, 2.45) is 0 Å². The van der Waals surface area contributed by atoms with Crippen LogP contribution in [0.3, 0.4) is 0 Å². The fourth-order valence-corrected chi connectivity index (χ4v) is 1.99. The summed E-state index contributed by atoms with van der Waals surface area (Å²) < 4.78 is 44.5. The van der Waals surface area contributed by atoms with E-state index in [2.05, 4.69) is 4.74 Å². The van der Waals surface area contributed by atoms with Gasteiger partial charge in [0.25, 0.3) is 0 Å². The molecule has 0 fully saturated rings. The Balaban J connectivity index is 2.56. The minimum Gasteiger partial charge on any atom is -0.477 e. The zero-order valence-corrected chi connectivity index (χ0v) is 10.2. The maximum atomic E-state index is 11.8. The second-order valence-electron chi connectivity index (χ2n) is 3.29. The Morgan fingerprint density at radius 2 is 2.17 bits per heavy atom. The number of hydrogen-bond donors (Lipinski definition) is 1. The van der Waals surface area contributed by atoms with Gasteiger partial charge in [-0.1, -0.05) is 6.92 Å². The largest absolute Gasteiger partial charge is 0.477 e. The highest BCUT2D eigenvalue weighted by atomic mass is 32.1. The Kier molecular flexibility index (Phi) is 4.97. The number of thiophene rings is 1. The number of carbonyl (C=O) groups is 1. The average molecular weight is 284 g/mol. The lowest BCUT2D eigenvalue weighted by Gasteiger charge is -2.08. The highest BCUT2D eigenvalue weighted by Gasteiger charge is 2.27. The van der Waals surface area contributed by atoms with Crippen molar-refractivity contribution in [1.29, 1.82) is 0 Å². The Morgan fingerprint density at radius 3 is 2.67 bits per heavy atom. The summed E-state index contributed by atoms with van der Waals surface area (Å²) in [5, 5.41) is 8.87. The second kappa shape index (κ2) is 6.05. The van der Waals surface area contributed by atoms with Gasteiger partial charge in [-0.05, 0) is 12.5 Å². The molecule has 102 valence electrons. The van der Waals surface area contributed by atoms with Gasteiger partial charge in [-0.25, -0.2) is 4.79 Å². The number of alkyl halides is 3. The van der Waals surface area contributed by atoms with E-state index in [9.17, 15) is 18.0 Å². The third-order valence-electron chi connectivity index (χ3n) is 1.86. The molecule has 1 N–H and O–H groups in total. The molecule has 0 bridgehead atoms. The topological polar surface area (TPSA) is 55.8 Å². The van der Waals surface area contributed by atoms with Gasteiger partial charge in [0.05, 0.1) is 0 Å². The van der Waals surface area contributed by atoms with Crippen LogP contribution in [0.15, 0.2) is 6.07 Å². The van der Waals surface area contributed by atoms with Gasteiger partial charge in [-0.15, -0.1) is 11.3 Å². The van der Waals surface area contributed by atoms with E-state index < -0.39 is 25.5 Å². The molecule has 1 aromatic heterocycles. The number of hydrogen-bond acceptors (Lipinski definition) is 4. The Bertz CT molecular complexity index is 414. The molecule has 8 heteroatoms. The summed E-state index contributed by atoms with van der Waals surface area (Å²) in [6, 6.07) is 1.49. The number of rotatable bonds is 6. The van der Waals surface area contributed by atoms with E-state index >= 15 is 0 Å². The zero-order valence-electron chi connectivity index (χ0n) is 9.41. The zero-order chi connectivity index (χ0) is 13.8. The summed E-state index contributed by atoms with van der Waals surface area (Å²) in [5.41, 5.74) is 0. The molecule has 18 heavy (non-hydrogen) atoms. The smallest absolute Gasteiger partial charge is 0.411 e. The number of ether oxygens (including phenoxy) is 2. The molecule has 1 rings (SSSR count). The molecule has 0 radical (unpaired) electrons. The first kappa shape index (κ1) is 14.8. The minimum atomic E-state index is -4.43. The van der Waals surface area contributed by atoms with Crippen LogP contribution < -0.4 is 4.74 Å². The van der Waals surface area contributed by atoms with Gasteiger partial charge in [0.1, 0.15) is 12.4 Å². The lowest BCUT2D eigenvalue weighted by atomic mass is 10.3. The fraction of sp³-hybridized carbons (Fsp3) is 0.500. The average Bonchev–Trinajstić information content (AvgIpc) is 2.66. The van der Waals surface area contributed by atoms with E-state index in [0.29, 0.717) is 6.42 Å². The molecule has 0 saturated heterocycles. The molecule has 0 aromatic carbocycles. The Labute approximate surface area is 105 Å². The van der Waals surface area contributed by atoms with Gasteiger partial charge in [0, 0.05) is 4.88 Å². The highest BCUT2D eigenvalue weighted by Crippen LogP contribution is 2.30. The van der Waals surface area contributed by atoms with Crippen LogP contribution in [0.5, 0.6) is 5.75 Å². The van der Waals surface area contributed by atoms with Crippen molar-refractivity contribution in [1.82, 2.24) is 0 Å².